The van der Waals surface area contributed by atoms with E-state index in [-0.39, 0.29) is 13.0 Å². The van der Waals surface area contributed by atoms with E-state index in [1.807, 2.05) is 30.3 Å². The molecule has 0 bridgehead atoms. The second-order valence-electron chi connectivity index (χ2n) is 8.10. The number of hydrogen-bond donors (Lipinski definition) is 2. The molecule has 0 spiro atoms. The van der Waals surface area contributed by atoms with E-state index in [0.29, 0.717) is 11.3 Å². The number of carbonyl (C=O) groups is 2. The van der Waals surface area contributed by atoms with E-state index >= 15 is 0 Å². The van der Waals surface area contributed by atoms with Crippen LogP contribution in [0.1, 0.15) is 59.6 Å². The van der Waals surface area contributed by atoms with E-state index in [2.05, 4.69) is 10.3 Å². The maximum atomic E-state index is 13.1. The van der Waals surface area contributed by atoms with E-state index in [0.717, 1.165) is 46.5 Å². The molecule has 1 amide bonds. The first-order valence-electron chi connectivity index (χ1n) is 10.6. The summed E-state index contributed by atoms with van der Waals surface area (Å²) < 4.78 is 7.31. The molecule has 7 heteroatoms. The predicted octanol–water partition coefficient (Wildman–Crippen LogP) is 4.74. The van der Waals surface area contributed by atoms with E-state index in [9.17, 15) is 14.7 Å². The van der Waals surface area contributed by atoms with Crippen molar-refractivity contribution in [2.45, 2.75) is 58.1 Å². The van der Waals surface area contributed by atoms with Gasteiger partial charge in [0.1, 0.15) is 22.9 Å². The third-order valence-electron chi connectivity index (χ3n) is 5.97. The van der Waals surface area contributed by atoms with Crippen molar-refractivity contribution in [2.75, 3.05) is 0 Å². The number of para-hydroxylation sites is 1. The summed E-state index contributed by atoms with van der Waals surface area (Å²) in [6, 6.07) is 11.7. The lowest BCUT2D eigenvalue weighted by Crippen LogP contribution is -2.51. The molecule has 0 fully saturated rings. The minimum atomic E-state index is -1.34. The van der Waals surface area contributed by atoms with E-state index < -0.39 is 17.4 Å². The Morgan fingerprint density at radius 2 is 1.97 bits per heavy atom. The van der Waals surface area contributed by atoms with Gasteiger partial charge in [0, 0.05) is 0 Å². The summed E-state index contributed by atoms with van der Waals surface area (Å²) in [5.41, 5.74) is 2.21. The third-order valence-corrected chi connectivity index (χ3v) is 6.98. The number of carboxylic acid groups (broad SMARTS) is 1. The number of rotatable bonds is 7. The maximum absolute atomic E-state index is 13.1. The van der Waals surface area contributed by atoms with Gasteiger partial charge in [-0.25, -0.2) is 9.78 Å². The summed E-state index contributed by atoms with van der Waals surface area (Å²) in [6.07, 6.45) is 4.23. The lowest BCUT2D eigenvalue weighted by Gasteiger charge is -2.26. The van der Waals surface area contributed by atoms with Crippen LogP contribution in [0.3, 0.4) is 0 Å². The zero-order valence-corrected chi connectivity index (χ0v) is 18.6. The van der Waals surface area contributed by atoms with Gasteiger partial charge in [-0.1, -0.05) is 25.1 Å². The number of benzene rings is 2. The summed E-state index contributed by atoms with van der Waals surface area (Å²) in [7, 11) is 0. The summed E-state index contributed by atoms with van der Waals surface area (Å²) >= 11 is 1.57. The molecule has 1 atom stereocenters. The second kappa shape index (κ2) is 8.67. The van der Waals surface area contributed by atoms with Crippen molar-refractivity contribution in [1.82, 2.24) is 10.3 Å². The monoisotopic (exact) mass is 438 g/mol. The number of fused-ring (bicyclic) bond motifs is 2. The highest BCUT2D eigenvalue weighted by atomic mass is 32.1. The third kappa shape index (κ3) is 4.28. The topological polar surface area (TPSA) is 88.5 Å². The molecule has 0 aliphatic heterocycles. The Bertz CT molecular complexity index is 1110. The van der Waals surface area contributed by atoms with Gasteiger partial charge in [-0.15, -0.1) is 11.3 Å². The highest BCUT2D eigenvalue weighted by Crippen LogP contribution is 2.34. The van der Waals surface area contributed by atoms with Crippen molar-refractivity contribution in [2.24, 2.45) is 0 Å². The molecule has 0 saturated heterocycles. The Balaban J connectivity index is 1.65. The van der Waals surface area contributed by atoms with Crippen LogP contribution in [-0.4, -0.2) is 27.5 Å². The van der Waals surface area contributed by atoms with Crippen LogP contribution >= 0.6 is 11.3 Å². The molecule has 1 aliphatic carbocycles. The van der Waals surface area contributed by atoms with Crippen molar-refractivity contribution >= 4 is 33.4 Å². The number of nitrogens with one attached hydrogen (secondary N) is 1. The molecule has 3 aromatic rings. The van der Waals surface area contributed by atoms with Gasteiger partial charge in [0.05, 0.1) is 15.8 Å². The van der Waals surface area contributed by atoms with Crippen LogP contribution in [0.5, 0.6) is 5.75 Å². The van der Waals surface area contributed by atoms with Gasteiger partial charge in [-0.2, -0.15) is 0 Å². The van der Waals surface area contributed by atoms with Crippen molar-refractivity contribution in [3.8, 4) is 5.75 Å². The molecule has 2 N–H and O–H groups in total. The molecule has 31 heavy (non-hydrogen) atoms. The van der Waals surface area contributed by atoms with Gasteiger partial charge >= 0.3 is 5.97 Å². The van der Waals surface area contributed by atoms with Gasteiger partial charge < -0.3 is 15.2 Å². The van der Waals surface area contributed by atoms with Gasteiger partial charge in [0.2, 0.25) is 0 Å². The maximum Gasteiger partial charge on any atom is 0.329 e. The minimum Gasteiger partial charge on any atom is -0.485 e. The number of aryl methyl sites for hydroxylation is 1. The Morgan fingerprint density at radius 1 is 1.19 bits per heavy atom. The summed E-state index contributed by atoms with van der Waals surface area (Å²) in [4.78, 5) is 29.4. The van der Waals surface area contributed by atoms with Crippen molar-refractivity contribution in [3.63, 3.8) is 0 Å². The normalized spacial score (nSPS) is 15.2. The van der Waals surface area contributed by atoms with E-state index in [4.69, 9.17) is 4.74 Å². The number of carboxylic acids is 1. The first-order valence-corrected chi connectivity index (χ1v) is 11.4. The Hall–Kier alpha value is -2.93. The Labute approximate surface area is 185 Å². The molecule has 162 valence electrons. The first-order chi connectivity index (χ1) is 14.9. The average Bonchev–Trinajstić information content (AvgIpc) is 3.20. The van der Waals surface area contributed by atoms with Crippen LogP contribution in [0.15, 0.2) is 36.4 Å². The van der Waals surface area contributed by atoms with Crippen LogP contribution in [0.25, 0.3) is 10.2 Å². The largest absolute Gasteiger partial charge is 0.485 e. The quantitative estimate of drug-likeness (QED) is 0.556. The smallest absolute Gasteiger partial charge is 0.329 e. The van der Waals surface area contributed by atoms with Crippen LogP contribution in [0.4, 0.5) is 0 Å². The van der Waals surface area contributed by atoms with Crippen molar-refractivity contribution < 1.29 is 19.4 Å². The zero-order chi connectivity index (χ0) is 22.0. The number of ether oxygens (including phenoxy) is 1. The summed E-state index contributed by atoms with van der Waals surface area (Å²) in [5.74, 6) is -0.935. The molecule has 1 unspecified atom stereocenters. The number of hydrogen-bond acceptors (Lipinski definition) is 5. The number of thiazole rings is 1. The minimum absolute atomic E-state index is 0.264. The van der Waals surface area contributed by atoms with Gasteiger partial charge in [0.15, 0.2) is 0 Å². The molecule has 4 rings (SSSR count). The lowest BCUT2D eigenvalue weighted by molar-refractivity contribution is -0.143. The summed E-state index contributed by atoms with van der Waals surface area (Å²) in [6.45, 7) is 3.53. The lowest BCUT2D eigenvalue weighted by atomic mass is 9.89. The highest BCUT2D eigenvalue weighted by molar-refractivity contribution is 7.18. The molecule has 6 nitrogen and oxygen atoms in total. The number of amides is 1. The molecule has 0 radical (unpaired) electrons. The van der Waals surface area contributed by atoms with E-state index in [1.165, 1.54) is 12.5 Å². The number of nitrogens with zero attached hydrogens (tertiary/aromatic N) is 1. The number of aromatic nitrogens is 1. The molecule has 0 saturated carbocycles. The molecule has 1 aliphatic rings. The van der Waals surface area contributed by atoms with Crippen LogP contribution in [-0.2, 0) is 24.2 Å². The second-order valence-corrected chi connectivity index (χ2v) is 9.21. The Kier molecular flexibility index (Phi) is 5.96. The first kappa shape index (κ1) is 21.3. The van der Waals surface area contributed by atoms with Crippen LogP contribution in [0.2, 0.25) is 0 Å². The molecular weight excluding hydrogens is 412 g/mol. The number of aliphatic carboxylic acids is 1. The molecule has 1 heterocycles. The van der Waals surface area contributed by atoms with Gasteiger partial charge in [0.25, 0.3) is 5.91 Å². The zero-order valence-electron chi connectivity index (χ0n) is 17.7. The summed E-state index contributed by atoms with van der Waals surface area (Å²) in [5, 5.41) is 13.1. The molecular formula is C24H26N2O4S. The molecule has 1 aromatic heterocycles. The number of carbonyl (C=O) groups excluding carboxylic acids is 1. The fourth-order valence-corrected chi connectivity index (χ4v) is 4.74. The van der Waals surface area contributed by atoms with Crippen molar-refractivity contribution in [1.29, 1.82) is 0 Å². The standard InChI is InChI=1S/C24H26N2O4S/c1-3-24(2,23(28)29)26-22(27)17-13-12-15-8-4-5-9-16(15)21(17)30-14-20-25-18-10-6-7-11-19(18)31-20/h6-7,10-13H,3-5,8-9,14H2,1-2H3,(H,26,27)(H,28,29). The van der Waals surface area contributed by atoms with E-state index in [1.54, 1.807) is 24.3 Å². The van der Waals surface area contributed by atoms with Crippen LogP contribution in [0, 0.1) is 0 Å². The fraction of sp³-hybridized carbons (Fsp3) is 0.375. The molecule has 2 aromatic carbocycles. The van der Waals surface area contributed by atoms with Crippen molar-refractivity contribution in [3.05, 3.63) is 58.1 Å². The SMILES string of the molecule is CCC(C)(NC(=O)c1ccc2c(c1OCc1nc3ccccc3s1)CCCC2)C(=O)O. The predicted molar refractivity (Wildman–Crippen MR) is 121 cm³/mol. The van der Waals surface area contributed by atoms with Gasteiger partial charge in [-0.05, 0) is 68.4 Å². The van der Waals surface area contributed by atoms with Crippen LogP contribution < -0.4 is 10.1 Å². The highest BCUT2D eigenvalue weighted by Gasteiger charge is 2.34. The van der Waals surface area contributed by atoms with Gasteiger partial charge in [-0.3, -0.25) is 4.79 Å². The average molecular weight is 439 g/mol. The Morgan fingerprint density at radius 3 is 2.71 bits per heavy atom. The fourth-order valence-electron chi connectivity index (χ4n) is 3.86.